The van der Waals surface area contributed by atoms with E-state index in [2.05, 4.69) is 10.6 Å². The Hall–Kier alpha value is -2.27. The fourth-order valence-electron chi connectivity index (χ4n) is 2.62. The minimum atomic E-state index is -4.67. The van der Waals surface area contributed by atoms with Crippen LogP contribution in [-0.2, 0) is 29.3 Å². The van der Waals surface area contributed by atoms with Crippen LogP contribution in [0.3, 0.4) is 0 Å². The van der Waals surface area contributed by atoms with E-state index in [-0.39, 0.29) is 37.1 Å². The normalized spacial score (nSPS) is 11.5. The Morgan fingerprint density at radius 3 is 2.26 bits per heavy atom. The molecular weight excluding hydrogens is 480 g/mol. The maximum atomic E-state index is 13.1. The number of hydrogen-bond acceptors (Lipinski definition) is 6. The van der Waals surface area contributed by atoms with Gasteiger partial charge >= 0.3 is 20.7 Å². The Labute approximate surface area is 197 Å². The van der Waals surface area contributed by atoms with Gasteiger partial charge in [-0.25, -0.2) is 0 Å². The maximum Gasteiger partial charge on any atom is 0.416 e. The number of amides is 2. The zero-order chi connectivity index (χ0) is 25.6. The lowest BCUT2D eigenvalue weighted by Gasteiger charge is -2.15. The molecule has 1 rings (SSSR count). The van der Waals surface area contributed by atoms with E-state index < -0.39 is 38.1 Å². The van der Waals surface area contributed by atoms with Crippen LogP contribution < -0.4 is 10.6 Å². The van der Waals surface area contributed by atoms with E-state index >= 15 is 0 Å². The van der Waals surface area contributed by atoms with Gasteiger partial charge in [-0.3, -0.25) is 14.4 Å². The highest BCUT2D eigenvalue weighted by molar-refractivity contribution is 7.41. The third-order valence-corrected chi connectivity index (χ3v) is 5.51. The highest BCUT2D eigenvalue weighted by atomic mass is 31.2. The Balaban J connectivity index is 2.68. The van der Waals surface area contributed by atoms with Gasteiger partial charge < -0.3 is 29.3 Å². The number of aliphatic carboxylic acids is 1. The number of carbonyl (C=O) groups excluding carboxylic acids is 2. The number of halogens is 3. The van der Waals surface area contributed by atoms with Crippen LogP contribution in [0, 0.1) is 0 Å². The summed E-state index contributed by atoms with van der Waals surface area (Å²) < 4.78 is 55.4. The van der Waals surface area contributed by atoms with Crippen molar-refractivity contribution < 1.29 is 46.2 Å². The number of anilines is 1. The van der Waals surface area contributed by atoms with Crippen LogP contribution in [-0.4, -0.2) is 49.3 Å². The Morgan fingerprint density at radius 2 is 1.68 bits per heavy atom. The molecule has 0 saturated carbocycles. The van der Waals surface area contributed by atoms with Crippen LogP contribution in [0.4, 0.5) is 18.9 Å². The fraction of sp³-hybridized carbons (Fsp3) is 0.571. The van der Waals surface area contributed by atoms with Crippen LogP contribution in [0.1, 0.15) is 61.9 Å². The van der Waals surface area contributed by atoms with E-state index in [1.807, 2.05) is 13.8 Å². The standard InChI is InChI=1S/C21H30F3N2O7P/c1-3-31-34(32-4-2)33-13-6-5-12-25-20(30)16-11-10-15(21(22,23)24)14-17(16)26-18(27)8-7-9-19(28)29/h10-11,14H,3-9,12-13H2,1-2H3,(H,25,30)(H,26,27)(H,28,29). The smallest absolute Gasteiger partial charge is 0.416 e. The van der Waals surface area contributed by atoms with Crippen molar-refractivity contribution in [2.75, 3.05) is 31.7 Å². The maximum absolute atomic E-state index is 13.1. The summed E-state index contributed by atoms with van der Waals surface area (Å²) in [6.45, 7) is 5.12. The number of unbranched alkanes of at least 4 members (excludes halogenated alkanes) is 1. The zero-order valence-corrected chi connectivity index (χ0v) is 20.0. The summed E-state index contributed by atoms with van der Waals surface area (Å²) in [6, 6.07) is 2.43. The number of benzene rings is 1. The second-order valence-electron chi connectivity index (χ2n) is 6.91. The minimum absolute atomic E-state index is 0.0124. The molecule has 0 aliphatic heterocycles. The molecular formula is C21H30F3N2O7P. The van der Waals surface area contributed by atoms with Crippen molar-refractivity contribution in [1.82, 2.24) is 5.32 Å². The molecule has 0 atom stereocenters. The quantitative estimate of drug-likeness (QED) is 0.217. The zero-order valence-electron chi connectivity index (χ0n) is 19.1. The highest BCUT2D eigenvalue weighted by Crippen LogP contribution is 2.39. The summed E-state index contributed by atoms with van der Waals surface area (Å²) in [5.41, 5.74) is -1.45. The molecule has 0 spiro atoms. The fourth-order valence-corrected chi connectivity index (χ4v) is 3.54. The summed E-state index contributed by atoms with van der Waals surface area (Å²) in [6.07, 6.45) is -4.01. The first-order chi connectivity index (χ1) is 16.1. The molecule has 9 nitrogen and oxygen atoms in total. The largest absolute Gasteiger partial charge is 0.481 e. The first-order valence-electron chi connectivity index (χ1n) is 10.8. The van der Waals surface area contributed by atoms with Crippen LogP contribution in [0.15, 0.2) is 18.2 Å². The molecule has 3 N–H and O–H groups in total. The SMILES string of the molecule is CCOP(OCC)OCCCCNC(=O)c1ccc(C(F)(F)F)cc1NC(=O)CCCC(=O)O. The number of carboxylic acid groups (broad SMARTS) is 1. The van der Waals surface area contributed by atoms with Gasteiger partial charge in [-0.15, -0.1) is 0 Å². The van der Waals surface area contributed by atoms with Crippen LogP contribution in [0.5, 0.6) is 0 Å². The molecule has 192 valence electrons. The molecule has 0 aromatic heterocycles. The van der Waals surface area contributed by atoms with Gasteiger partial charge in [0.1, 0.15) is 0 Å². The molecule has 0 bridgehead atoms. The van der Waals surface area contributed by atoms with Crippen molar-refractivity contribution in [2.45, 2.75) is 52.1 Å². The van der Waals surface area contributed by atoms with Gasteiger partial charge in [-0.1, -0.05) is 0 Å². The number of carboxylic acids is 1. The monoisotopic (exact) mass is 510 g/mol. The molecule has 1 aromatic carbocycles. The van der Waals surface area contributed by atoms with Crippen LogP contribution >= 0.6 is 8.60 Å². The van der Waals surface area contributed by atoms with Crippen molar-refractivity contribution in [3.63, 3.8) is 0 Å². The van der Waals surface area contributed by atoms with Crippen LogP contribution in [0.25, 0.3) is 0 Å². The van der Waals surface area contributed by atoms with Crippen molar-refractivity contribution in [1.29, 1.82) is 0 Å². The van der Waals surface area contributed by atoms with Crippen molar-refractivity contribution in [3.8, 4) is 0 Å². The van der Waals surface area contributed by atoms with Gasteiger partial charge in [0, 0.05) is 19.4 Å². The molecule has 13 heteroatoms. The Bertz CT molecular complexity index is 803. The van der Waals surface area contributed by atoms with E-state index in [9.17, 15) is 27.6 Å². The molecule has 0 aliphatic rings. The van der Waals surface area contributed by atoms with Gasteiger partial charge in [-0.05, 0) is 51.3 Å². The summed E-state index contributed by atoms with van der Waals surface area (Å²) in [7, 11) is -1.42. The lowest BCUT2D eigenvalue weighted by Crippen LogP contribution is -2.26. The molecule has 1 aromatic rings. The van der Waals surface area contributed by atoms with E-state index in [1.54, 1.807) is 0 Å². The molecule has 0 unspecified atom stereocenters. The predicted octanol–water partition coefficient (Wildman–Crippen LogP) is 4.73. The summed E-state index contributed by atoms with van der Waals surface area (Å²) >= 11 is 0. The van der Waals surface area contributed by atoms with E-state index in [0.717, 1.165) is 12.1 Å². The number of hydrogen-bond donors (Lipinski definition) is 3. The first kappa shape index (κ1) is 29.8. The van der Waals surface area contributed by atoms with Crippen molar-refractivity contribution in [2.24, 2.45) is 0 Å². The molecule has 34 heavy (non-hydrogen) atoms. The summed E-state index contributed by atoms with van der Waals surface area (Å²) in [4.78, 5) is 35.2. The molecule has 0 aliphatic carbocycles. The van der Waals surface area contributed by atoms with Gasteiger partial charge in [0.2, 0.25) is 5.91 Å². The van der Waals surface area contributed by atoms with E-state index in [0.29, 0.717) is 38.7 Å². The number of alkyl halides is 3. The van der Waals surface area contributed by atoms with E-state index in [4.69, 9.17) is 18.7 Å². The number of carbonyl (C=O) groups is 3. The number of nitrogens with one attached hydrogen (secondary N) is 2. The first-order valence-corrected chi connectivity index (χ1v) is 11.9. The second-order valence-corrected chi connectivity index (χ2v) is 8.13. The van der Waals surface area contributed by atoms with E-state index in [1.165, 1.54) is 0 Å². The summed E-state index contributed by atoms with van der Waals surface area (Å²) in [5.74, 6) is -2.43. The van der Waals surface area contributed by atoms with Gasteiger partial charge in [0.25, 0.3) is 5.91 Å². The van der Waals surface area contributed by atoms with Crippen molar-refractivity contribution in [3.05, 3.63) is 29.3 Å². The predicted molar refractivity (Wildman–Crippen MR) is 119 cm³/mol. The number of rotatable bonds is 16. The third kappa shape index (κ3) is 11.7. The third-order valence-electron chi connectivity index (χ3n) is 4.18. The average Bonchev–Trinajstić information content (AvgIpc) is 2.75. The van der Waals surface area contributed by atoms with Crippen LogP contribution in [0.2, 0.25) is 0 Å². The average molecular weight is 510 g/mol. The van der Waals surface area contributed by atoms with Crippen molar-refractivity contribution >= 4 is 32.1 Å². The van der Waals surface area contributed by atoms with Gasteiger partial charge in [0.05, 0.1) is 36.6 Å². The lowest BCUT2D eigenvalue weighted by molar-refractivity contribution is -0.138. The lowest BCUT2D eigenvalue weighted by atomic mass is 10.1. The Morgan fingerprint density at radius 1 is 1.00 bits per heavy atom. The molecule has 0 heterocycles. The van der Waals surface area contributed by atoms with Gasteiger partial charge in [-0.2, -0.15) is 13.2 Å². The summed E-state index contributed by atoms with van der Waals surface area (Å²) in [5, 5.41) is 13.5. The van der Waals surface area contributed by atoms with Gasteiger partial charge in [0.15, 0.2) is 0 Å². The second kappa shape index (κ2) is 15.6. The molecule has 0 fully saturated rings. The highest BCUT2D eigenvalue weighted by Gasteiger charge is 2.31. The molecule has 2 amide bonds. The topological polar surface area (TPSA) is 123 Å². The Kier molecular flexibility index (Phi) is 13.7. The minimum Gasteiger partial charge on any atom is -0.481 e. The molecule has 0 radical (unpaired) electrons. The molecule has 0 saturated heterocycles.